The first-order valence-corrected chi connectivity index (χ1v) is 7.50. The largest absolute Gasteiger partial charge is 0.322 e. The lowest BCUT2D eigenvalue weighted by Crippen LogP contribution is -2.34. The highest BCUT2D eigenvalue weighted by atomic mass is 14.7. The van der Waals surface area contributed by atoms with Gasteiger partial charge in [0.15, 0.2) is 0 Å². The molecular formula is C16H33N. The molecule has 0 aromatic rings. The topological polar surface area (TPSA) is 26.0 Å². The molecule has 0 aromatic heterocycles. The van der Waals surface area contributed by atoms with Crippen molar-refractivity contribution in [1.82, 2.24) is 0 Å². The molecule has 0 radical (unpaired) electrons. The first kappa shape index (κ1) is 16.7. The van der Waals surface area contributed by atoms with Crippen molar-refractivity contribution in [2.45, 2.75) is 91.0 Å². The predicted molar refractivity (Wildman–Crippen MR) is 79.3 cm³/mol. The van der Waals surface area contributed by atoms with Crippen molar-refractivity contribution in [3.05, 3.63) is 11.6 Å². The van der Waals surface area contributed by atoms with Crippen molar-refractivity contribution in [3.63, 3.8) is 0 Å². The van der Waals surface area contributed by atoms with Crippen LogP contribution in [0.4, 0.5) is 0 Å². The van der Waals surface area contributed by atoms with Gasteiger partial charge in [0.1, 0.15) is 0 Å². The number of unbranched alkanes of at least 4 members (excludes halogenated alkanes) is 6. The summed E-state index contributed by atoms with van der Waals surface area (Å²) >= 11 is 0. The van der Waals surface area contributed by atoms with E-state index in [4.69, 9.17) is 5.73 Å². The molecule has 0 aliphatic heterocycles. The Labute approximate surface area is 109 Å². The lowest BCUT2D eigenvalue weighted by atomic mass is 9.89. The zero-order valence-electron chi connectivity index (χ0n) is 12.5. The van der Waals surface area contributed by atoms with E-state index in [1.165, 1.54) is 63.4 Å². The lowest BCUT2D eigenvalue weighted by molar-refractivity contribution is 0.557. The highest BCUT2D eigenvalue weighted by Gasteiger charge is 2.16. The summed E-state index contributed by atoms with van der Waals surface area (Å²) in [4.78, 5) is 0. The van der Waals surface area contributed by atoms with Gasteiger partial charge in [-0.3, -0.25) is 0 Å². The van der Waals surface area contributed by atoms with E-state index in [1.54, 1.807) is 0 Å². The summed E-state index contributed by atoms with van der Waals surface area (Å²) in [5.74, 6) is 0. The van der Waals surface area contributed by atoms with Crippen molar-refractivity contribution in [2.24, 2.45) is 5.73 Å². The summed E-state index contributed by atoms with van der Waals surface area (Å²) in [6, 6.07) is 0. The van der Waals surface area contributed by atoms with E-state index < -0.39 is 0 Å². The van der Waals surface area contributed by atoms with Crippen LogP contribution in [0, 0.1) is 0 Å². The Morgan fingerprint density at radius 3 is 2.06 bits per heavy atom. The van der Waals surface area contributed by atoms with Crippen LogP contribution in [0.5, 0.6) is 0 Å². The summed E-state index contributed by atoms with van der Waals surface area (Å²) in [6.07, 6.45) is 14.1. The van der Waals surface area contributed by atoms with Gasteiger partial charge in [-0.1, -0.05) is 57.6 Å². The minimum absolute atomic E-state index is 0.126. The van der Waals surface area contributed by atoms with E-state index in [0.29, 0.717) is 0 Å². The van der Waals surface area contributed by atoms with Crippen molar-refractivity contribution in [3.8, 4) is 0 Å². The third-order valence-electron chi connectivity index (χ3n) is 3.33. The van der Waals surface area contributed by atoms with Crippen LogP contribution in [0.3, 0.4) is 0 Å². The van der Waals surface area contributed by atoms with E-state index in [-0.39, 0.29) is 5.54 Å². The Balaban J connectivity index is 4.04. The second kappa shape index (κ2) is 9.70. The number of nitrogens with two attached hydrogens (primary N) is 1. The van der Waals surface area contributed by atoms with Crippen molar-refractivity contribution in [2.75, 3.05) is 0 Å². The van der Waals surface area contributed by atoms with E-state index in [1.807, 2.05) is 0 Å². The number of hydrogen-bond donors (Lipinski definition) is 1. The number of hydrogen-bond acceptors (Lipinski definition) is 1. The van der Waals surface area contributed by atoms with Crippen molar-refractivity contribution >= 4 is 0 Å². The van der Waals surface area contributed by atoms with Crippen molar-refractivity contribution in [1.29, 1.82) is 0 Å². The fraction of sp³-hybridized carbons (Fsp3) is 0.875. The van der Waals surface area contributed by atoms with E-state index >= 15 is 0 Å². The minimum Gasteiger partial charge on any atom is -0.322 e. The van der Waals surface area contributed by atoms with Crippen molar-refractivity contribution < 1.29 is 0 Å². The van der Waals surface area contributed by atoms with Gasteiger partial charge in [0.25, 0.3) is 0 Å². The van der Waals surface area contributed by atoms with Gasteiger partial charge in [-0.05, 0) is 39.5 Å². The summed E-state index contributed by atoms with van der Waals surface area (Å²) in [7, 11) is 0. The van der Waals surface area contributed by atoms with Gasteiger partial charge in [0.2, 0.25) is 0 Å². The molecule has 0 spiro atoms. The molecule has 0 fully saturated rings. The van der Waals surface area contributed by atoms with Gasteiger partial charge in [-0.25, -0.2) is 0 Å². The molecule has 0 saturated carbocycles. The third kappa shape index (κ3) is 9.41. The van der Waals surface area contributed by atoms with Gasteiger partial charge in [-0.15, -0.1) is 0 Å². The smallest absolute Gasteiger partial charge is 0.0311 e. The summed E-state index contributed by atoms with van der Waals surface area (Å²) in [6.45, 7) is 8.78. The van der Waals surface area contributed by atoms with Crippen LogP contribution < -0.4 is 5.73 Å². The zero-order chi connectivity index (χ0) is 13.1. The maximum absolute atomic E-state index is 6.23. The molecule has 0 bridgehead atoms. The fourth-order valence-electron chi connectivity index (χ4n) is 2.10. The first-order valence-electron chi connectivity index (χ1n) is 7.50. The van der Waals surface area contributed by atoms with Gasteiger partial charge >= 0.3 is 0 Å². The standard InChI is InChI=1S/C16H33N/c1-5-7-9-10-12-14-15(16(3,4)17)13-11-8-6-2/h14H,5-13,17H2,1-4H3. The molecule has 0 rings (SSSR count). The van der Waals surface area contributed by atoms with E-state index in [0.717, 1.165) is 0 Å². The minimum atomic E-state index is -0.126. The second-order valence-corrected chi connectivity index (χ2v) is 5.76. The molecule has 0 aromatic carbocycles. The first-order chi connectivity index (χ1) is 8.02. The molecule has 0 aliphatic rings. The third-order valence-corrected chi connectivity index (χ3v) is 3.33. The average Bonchev–Trinajstić information content (AvgIpc) is 2.25. The van der Waals surface area contributed by atoms with Gasteiger partial charge in [-0.2, -0.15) is 0 Å². The maximum Gasteiger partial charge on any atom is 0.0311 e. The SMILES string of the molecule is CCCCCCC=C(CCCCC)C(C)(C)N. The van der Waals surface area contributed by atoms with Gasteiger partial charge < -0.3 is 5.73 Å². The maximum atomic E-state index is 6.23. The zero-order valence-corrected chi connectivity index (χ0v) is 12.5. The summed E-state index contributed by atoms with van der Waals surface area (Å²) in [5.41, 5.74) is 7.57. The molecule has 102 valence electrons. The quantitative estimate of drug-likeness (QED) is 0.411. The second-order valence-electron chi connectivity index (χ2n) is 5.76. The molecule has 0 amide bonds. The van der Waals surface area contributed by atoms with Gasteiger partial charge in [0.05, 0.1) is 0 Å². The molecule has 0 atom stereocenters. The molecule has 17 heavy (non-hydrogen) atoms. The highest BCUT2D eigenvalue weighted by Crippen LogP contribution is 2.21. The molecule has 0 heterocycles. The molecule has 1 heteroatoms. The normalized spacial score (nSPS) is 13.1. The Hall–Kier alpha value is -0.300. The van der Waals surface area contributed by atoms with Crippen LogP contribution >= 0.6 is 0 Å². The predicted octanol–water partition coefficient (Wildman–Crippen LogP) is 5.20. The Morgan fingerprint density at radius 1 is 0.941 bits per heavy atom. The molecule has 0 saturated heterocycles. The summed E-state index contributed by atoms with van der Waals surface area (Å²) < 4.78 is 0. The van der Waals surface area contributed by atoms with E-state index in [9.17, 15) is 0 Å². The van der Waals surface area contributed by atoms with Crippen LogP contribution in [-0.2, 0) is 0 Å². The summed E-state index contributed by atoms with van der Waals surface area (Å²) in [5, 5.41) is 0. The number of rotatable bonds is 10. The van der Waals surface area contributed by atoms with Gasteiger partial charge in [0, 0.05) is 5.54 Å². The fourth-order valence-corrected chi connectivity index (χ4v) is 2.10. The van der Waals surface area contributed by atoms with Crippen LogP contribution in [0.15, 0.2) is 11.6 Å². The molecule has 1 nitrogen and oxygen atoms in total. The highest BCUT2D eigenvalue weighted by molar-refractivity contribution is 5.16. The molecule has 2 N–H and O–H groups in total. The van der Waals surface area contributed by atoms with Crippen LogP contribution in [0.1, 0.15) is 85.5 Å². The van der Waals surface area contributed by atoms with E-state index in [2.05, 4.69) is 33.8 Å². The van der Waals surface area contributed by atoms with Crippen LogP contribution in [-0.4, -0.2) is 5.54 Å². The molecule has 0 unspecified atom stereocenters. The lowest BCUT2D eigenvalue weighted by Gasteiger charge is -2.23. The Bertz CT molecular complexity index is 198. The number of allylic oxidation sites excluding steroid dienone is 1. The Kier molecular flexibility index (Phi) is 9.53. The molecule has 0 aliphatic carbocycles. The monoisotopic (exact) mass is 239 g/mol. The molecular weight excluding hydrogens is 206 g/mol. The average molecular weight is 239 g/mol. The Morgan fingerprint density at radius 2 is 1.53 bits per heavy atom. The van der Waals surface area contributed by atoms with Crippen LogP contribution in [0.25, 0.3) is 0 Å². The van der Waals surface area contributed by atoms with Crippen LogP contribution in [0.2, 0.25) is 0 Å².